The van der Waals surface area contributed by atoms with Crippen LogP contribution in [-0.4, -0.2) is 13.1 Å². The third-order valence-corrected chi connectivity index (χ3v) is 3.17. The maximum absolute atomic E-state index is 12.5. The van der Waals surface area contributed by atoms with Crippen LogP contribution in [0.1, 0.15) is 31.2 Å². The molecule has 0 heterocycles. The van der Waals surface area contributed by atoms with E-state index >= 15 is 0 Å². The van der Waals surface area contributed by atoms with E-state index in [4.69, 9.17) is 4.74 Å². The van der Waals surface area contributed by atoms with Crippen molar-refractivity contribution in [1.82, 2.24) is 0 Å². The average Bonchev–Trinajstić information content (AvgIpc) is 2.72. The van der Waals surface area contributed by atoms with Gasteiger partial charge in [-0.05, 0) is 44.2 Å². The minimum atomic E-state index is -4.91. The fourth-order valence-corrected chi connectivity index (χ4v) is 2.19. The molecule has 1 aliphatic carbocycles. The standard InChI is InChI=1S/C12H15BF3O.K/c1-9-8-10(13(14,15)16)6-7-12(9)17-11-4-2-3-5-11;/h6-8,11H,2-5H2,1H3;/q-1;+1. The molecule has 94 valence electrons. The minimum absolute atomic E-state index is 0. The van der Waals surface area contributed by atoms with Crippen LogP contribution in [0.2, 0.25) is 0 Å². The maximum Gasteiger partial charge on any atom is 1.00 e. The van der Waals surface area contributed by atoms with Crippen molar-refractivity contribution < 1.29 is 69.1 Å². The molecule has 1 saturated carbocycles. The van der Waals surface area contributed by atoms with Gasteiger partial charge in [-0.3, -0.25) is 0 Å². The molecule has 0 aliphatic heterocycles. The van der Waals surface area contributed by atoms with E-state index < -0.39 is 12.4 Å². The zero-order valence-corrected chi connectivity index (χ0v) is 13.9. The predicted octanol–water partition coefficient (Wildman–Crippen LogP) is 0.375. The average molecular weight is 282 g/mol. The molecule has 0 atom stereocenters. The Labute approximate surface area is 148 Å². The van der Waals surface area contributed by atoms with Gasteiger partial charge in [0.2, 0.25) is 0 Å². The molecule has 18 heavy (non-hydrogen) atoms. The van der Waals surface area contributed by atoms with Gasteiger partial charge in [0, 0.05) is 0 Å². The molecule has 0 saturated heterocycles. The summed E-state index contributed by atoms with van der Waals surface area (Å²) in [7, 11) is 0. The number of hydrogen-bond acceptors (Lipinski definition) is 1. The van der Waals surface area contributed by atoms with Gasteiger partial charge in [0.25, 0.3) is 0 Å². The normalized spacial score (nSPS) is 16.4. The molecule has 1 aromatic carbocycles. The quantitative estimate of drug-likeness (QED) is 0.728. The molecular formula is C12H15BF3KO. The van der Waals surface area contributed by atoms with Gasteiger partial charge < -0.3 is 17.7 Å². The Hall–Kier alpha value is 0.511. The Bertz CT molecular complexity index is 403. The van der Waals surface area contributed by atoms with Crippen molar-refractivity contribution in [3.63, 3.8) is 0 Å². The molecule has 1 aliphatic rings. The summed E-state index contributed by atoms with van der Waals surface area (Å²) in [6.07, 6.45) is 4.48. The smallest absolute Gasteiger partial charge is 0.490 e. The van der Waals surface area contributed by atoms with Crippen molar-refractivity contribution in [2.75, 3.05) is 0 Å². The summed E-state index contributed by atoms with van der Waals surface area (Å²) in [6, 6.07) is 3.72. The fourth-order valence-electron chi connectivity index (χ4n) is 2.19. The van der Waals surface area contributed by atoms with Crippen LogP contribution in [0, 0.1) is 6.92 Å². The molecular weight excluding hydrogens is 267 g/mol. The van der Waals surface area contributed by atoms with Gasteiger partial charge in [-0.1, -0.05) is 12.1 Å². The van der Waals surface area contributed by atoms with Gasteiger partial charge in [0.05, 0.1) is 6.10 Å². The molecule has 2 rings (SSSR count). The number of hydrogen-bond donors (Lipinski definition) is 0. The van der Waals surface area contributed by atoms with Gasteiger partial charge in [-0.25, -0.2) is 0 Å². The van der Waals surface area contributed by atoms with Crippen molar-refractivity contribution in [2.45, 2.75) is 38.7 Å². The predicted molar refractivity (Wildman–Crippen MR) is 62.8 cm³/mol. The van der Waals surface area contributed by atoms with E-state index in [1.807, 2.05) is 0 Å². The van der Waals surface area contributed by atoms with Crippen LogP contribution in [0.5, 0.6) is 5.75 Å². The summed E-state index contributed by atoms with van der Waals surface area (Å²) in [5.41, 5.74) is 0.00914. The Morgan fingerprint density at radius 3 is 2.28 bits per heavy atom. The van der Waals surface area contributed by atoms with Crippen LogP contribution in [0.25, 0.3) is 0 Å². The molecule has 0 bridgehead atoms. The molecule has 0 amide bonds. The first-order chi connectivity index (χ1) is 7.97. The van der Waals surface area contributed by atoms with E-state index in [0.717, 1.165) is 31.7 Å². The molecule has 6 heteroatoms. The van der Waals surface area contributed by atoms with Gasteiger partial charge in [-0.15, -0.1) is 5.46 Å². The number of rotatable bonds is 3. The van der Waals surface area contributed by atoms with E-state index in [0.29, 0.717) is 11.3 Å². The van der Waals surface area contributed by atoms with E-state index in [9.17, 15) is 12.9 Å². The number of ether oxygens (including phenoxy) is 1. The molecule has 1 aromatic rings. The summed E-state index contributed by atoms with van der Waals surface area (Å²) in [5, 5.41) is 0. The van der Waals surface area contributed by atoms with Crippen molar-refractivity contribution in [1.29, 1.82) is 0 Å². The van der Waals surface area contributed by atoms with E-state index in [1.165, 1.54) is 12.1 Å². The van der Waals surface area contributed by atoms with Crippen molar-refractivity contribution in [3.8, 4) is 5.75 Å². The largest absolute Gasteiger partial charge is 1.00 e. The van der Waals surface area contributed by atoms with Crippen LogP contribution in [0.3, 0.4) is 0 Å². The second-order valence-electron chi connectivity index (χ2n) is 4.62. The number of benzene rings is 1. The Morgan fingerprint density at radius 2 is 1.78 bits per heavy atom. The molecule has 0 aromatic heterocycles. The van der Waals surface area contributed by atoms with Crippen LogP contribution >= 0.6 is 0 Å². The first kappa shape index (κ1) is 16.6. The fraction of sp³-hybridized carbons (Fsp3) is 0.500. The number of aryl methyl sites for hydroxylation is 1. The second-order valence-corrected chi connectivity index (χ2v) is 4.62. The third kappa shape index (κ3) is 4.27. The molecule has 0 radical (unpaired) electrons. The first-order valence-corrected chi connectivity index (χ1v) is 5.94. The van der Waals surface area contributed by atoms with Crippen LogP contribution in [0.15, 0.2) is 18.2 Å². The van der Waals surface area contributed by atoms with E-state index in [1.54, 1.807) is 6.92 Å². The summed E-state index contributed by atoms with van der Waals surface area (Å²) < 4.78 is 43.3. The van der Waals surface area contributed by atoms with Crippen LogP contribution < -0.4 is 61.6 Å². The summed E-state index contributed by atoms with van der Waals surface area (Å²) >= 11 is 0. The third-order valence-electron chi connectivity index (χ3n) is 3.17. The Morgan fingerprint density at radius 1 is 1.17 bits per heavy atom. The summed E-state index contributed by atoms with van der Waals surface area (Å²) in [6.45, 7) is -3.25. The molecule has 0 N–H and O–H groups in total. The molecule has 0 spiro atoms. The zero-order valence-electron chi connectivity index (χ0n) is 10.8. The topological polar surface area (TPSA) is 9.23 Å². The second kappa shape index (κ2) is 6.79. The van der Waals surface area contributed by atoms with E-state index in [2.05, 4.69) is 0 Å². The Balaban J connectivity index is 0.00000162. The van der Waals surface area contributed by atoms with Crippen molar-refractivity contribution in [2.24, 2.45) is 0 Å². The van der Waals surface area contributed by atoms with Gasteiger partial charge >= 0.3 is 58.4 Å². The van der Waals surface area contributed by atoms with Crippen LogP contribution in [-0.2, 0) is 0 Å². The molecule has 1 nitrogen and oxygen atoms in total. The monoisotopic (exact) mass is 282 g/mol. The van der Waals surface area contributed by atoms with Crippen molar-refractivity contribution in [3.05, 3.63) is 23.8 Å². The van der Waals surface area contributed by atoms with E-state index in [-0.39, 0.29) is 57.5 Å². The SMILES string of the molecule is Cc1cc([B-](F)(F)F)ccc1OC1CCCC1.[K+]. The van der Waals surface area contributed by atoms with Gasteiger partial charge in [-0.2, -0.15) is 0 Å². The van der Waals surface area contributed by atoms with Crippen LogP contribution in [0.4, 0.5) is 12.9 Å². The Kier molecular flexibility index (Phi) is 6.25. The summed E-state index contributed by atoms with van der Waals surface area (Å²) in [4.78, 5) is 0. The van der Waals surface area contributed by atoms with Crippen molar-refractivity contribution >= 4 is 12.4 Å². The van der Waals surface area contributed by atoms with Gasteiger partial charge in [0.1, 0.15) is 5.75 Å². The minimum Gasteiger partial charge on any atom is -0.490 e. The molecule has 1 fully saturated rings. The maximum atomic E-state index is 12.5. The number of halogens is 3. The summed E-state index contributed by atoms with van der Waals surface area (Å²) in [5.74, 6) is 0.584. The molecule has 0 unspecified atom stereocenters. The zero-order chi connectivity index (χ0) is 12.5. The first-order valence-electron chi connectivity index (χ1n) is 5.94. The van der Waals surface area contributed by atoms with Gasteiger partial charge in [0.15, 0.2) is 0 Å².